The first-order chi connectivity index (χ1) is 20.7. The van der Waals surface area contributed by atoms with Crippen molar-refractivity contribution in [2.24, 2.45) is 5.92 Å². The molecule has 0 spiro atoms. The number of carbonyl (C=O) groups excluding carboxylic acids is 3. The van der Waals surface area contributed by atoms with Crippen LogP contribution in [0.15, 0.2) is 54.7 Å². The van der Waals surface area contributed by atoms with Gasteiger partial charge in [0.25, 0.3) is 11.8 Å². The first-order valence-electron chi connectivity index (χ1n) is 15.4. The fourth-order valence-corrected chi connectivity index (χ4v) is 8.65. The van der Waals surface area contributed by atoms with Crippen molar-refractivity contribution < 1.29 is 24.2 Å². The molecule has 10 heteroatoms. The number of aromatic amines is 1. The summed E-state index contributed by atoms with van der Waals surface area (Å²) in [7, 11) is 2.06. The molecule has 0 saturated carbocycles. The standard InChI is InChI=1S/C33H37N5O5/c1-32(35-29(39)21-15-23-22-10-6-11-24-28(22)20(17-34-24)16-25(23)36(2)18-21)31(41)38-26(14-19-8-4-3-5-9-19)30(40)37-13-7-12-27(37)33(38,42)43-32/h3-6,8-11,17,21,23,25-27,34,42H,7,12-16,18H2,1-2H3,(H,35,39)/t21-,23-,25+,26-,27-,32-,33+/m1/s1. The number of rotatable bonds is 4. The molecular formula is C33H37N5O5. The van der Waals surface area contributed by atoms with Crippen molar-refractivity contribution in [1.82, 2.24) is 25.0 Å². The molecule has 4 aliphatic heterocycles. The van der Waals surface area contributed by atoms with Crippen LogP contribution in [-0.4, -0.2) is 92.4 Å². The van der Waals surface area contributed by atoms with Crippen LogP contribution < -0.4 is 5.32 Å². The Labute approximate surface area is 250 Å². The fraction of sp³-hybridized carbons (Fsp3) is 0.485. The number of piperazine rings is 1. The molecule has 3 amide bonds. The maximum Gasteiger partial charge on any atom is 0.280 e. The minimum Gasteiger partial charge on any atom is -0.361 e. The number of likely N-dealkylation sites (N-methyl/N-ethyl adjacent to an activating group) is 1. The van der Waals surface area contributed by atoms with E-state index in [2.05, 4.69) is 46.6 Å². The average Bonchev–Trinajstić information content (AvgIpc) is 3.70. The van der Waals surface area contributed by atoms with Crippen LogP contribution in [0, 0.1) is 5.92 Å². The first kappa shape index (κ1) is 26.9. The number of aliphatic hydroxyl groups is 1. The lowest BCUT2D eigenvalue weighted by Gasteiger charge is -2.48. The lowest BCUT2D eigenvalue weighted by Crippen LogP contribution is -2.71. The molecule has 3 aromatic rings. The summed E-state index contributed by atoms with van der Waals surface area (Å²) in [4.78, 5) is 50.4. The van der Waals surface area contributed by atoms with Crippen molar-refractivity contribution in [3.8, 4) is 0 Å². The van der Waals surface area contributed by atoms with Gasteiger partial charge >= 0.3 is 0 Å². The third kappa shape index (κ3) is 3.86. The van der Waals surface area contributed by atoms with Gasteiger partial charge in [0.15, 0.2) is 0 Å². The molecule has 5 heterocycles. The van der Waals surface area contributed by atoms with Crippen molar-refractivity contribution in [1.29, 1.82) is 0 Å². The van der Waals surface area contributed by atoms with Gasteiger partial charge in [0.1, 0.15) is 12.1 Å². The number of aromatic nitrogens is 1. The van der Waals surface area contributed by atoms with Crippen molar-refractivity contribution in [2.75, 3.05) is 20.1 Å². The highest BCUT2D eigenvalue weighted by molar-refractivity contribution is 5.97. The summed E-state index contributed by atoms with van der Waals surface area (Å²) in [6, 6.07) is 14.4. The Morgan fingerprint density at radius 1 is 1.16 bits per heavy atom. The van der Waals surface area contributed by atoms with Gasteiger partial charge in [-0.2, -0.15) is 0 Å². The van der Waals surface area contributed by atoms with Crippen molar-refractivity contribution in [3.63, 3.8) is 0 Å². The Kier molecular flexibility index (Phi) is 5.86. The topological polar surface area (TPSA) is 118 Å². The molecule has 224 valence electrons. The number of ether oxygens (including phenoxy) is 1. The number of amides is 3. The molecule has 5 aliphatic rings. The third-order valence-electron chi connectivity index (χ3n) is 10.6. The summed E-state index contributed by atoms with van der Waals surface area (Å²) in [5.74, 6) is -3.31. The van der Waals surface area contributed by atoms with Gasteiger partial charge in [-0.15, -0.1) is 0 Å². The van der Waals surface area contributed by atoms with E-state index in [-0.39, 0.29) is 36.1 Å². The normalized spacial score (nSPS) is 35.2. The fourth-order valence-electron chi connectivity index (χ4n) is 8.65. The largest absolute Gasteiger partial charge is 0.361 e. The molecule has 3 N–H and O–H groups in total. The number of carbonyl (C=O) groups is 3. The first-order valence-corrected chi connectivity index (χ1v) is 15.4. The molecule has 2 aromatic carbocycles. The highest BCUT2D eigenvalue weighted by atomic mass is 16.7. The van der Waals surface area contributed by atoms with Gasteiger partial charge in [-0.3, -0.25) is 24.0 Å². The van der Waals surface area contributed by atoms with Crippen LogP contribution in [0.25, 0.3) is 10.9 Å². The Bertz CT molecular complexity index is 1640. The number of benzene rings is 2. The van der Waals surface area contributed by atoms with E-state index in [1.165, 1.54) is 28.3 Å². The number of hydrogen-bond acceptors (Lipinski definition) is 6. The SMILES string of the molecule is CN1C[C@H](C(=O)N[C@]2(C)O[C@@]3(O)[C@H]4CCCN4C(=O)[C@@H](Cc4ccccc4)N3C2=O)C[C@@H]2c3cccc4[nH]cc(c34)C[C@@H]21. The molecule has 4 saturated heterocycles. The van der Waals surface area contributed by atoms with E-state index in [0.717, 1.165) is 17.5 Å². The zero-order valence-electron chi connectivity index (χ0n) is 24.5. The minimum atomic E-state index is -2.03. The van der Waals surface area contributed by atoms with E-state index in [1.54, 1.807) is 4.90 Å². The van der Waals surface area contributed by atoms with Gasteiger partial charge in [0.05, 0.1) is 5.92 Å². The van der Waals surface area contributed by atoms with Crippen molar-refractivity contribution in [2.45, 2.75) is 74.7 Å². The quantitative estimate of drug-likeness (QED) is 0.433. The van der Waals surface area contributed by atoms with E-state index < -0.39 is 29.6 Å². The number of piperidine rings is 1. The smallest absolute Gasteiger partial charge is 0.280 e. The van der Waals surface area contributed by atoms with Crippen molar-refractivity contribution >= 4 is 28.6 Å². The molecule has 0 radical (unpaired) electrons. The lowest BCUT2D eigenvalue weighted by atomic mass is 9.72. The lowest BCUT2D eigenvalue weighted by molar-refractivity contribution is -0.315. The van der Waals surface area contributed by atoms with E-state index in [1.807, 2.05) is 30.3 Å². The second-order valence-corrected chi connectivity index (χ2v) is 13.2. The Morgan fingerprint density at radius 3 is 2.79 bits per heavy atom. The van der Waals surface area contributed by atoms with Gasteiger partial charge in [0, 0.05) is 48.6 Å². The van der Waals surface area contributed by atoms with Crippen LogP contribution >= 0.6 is 0 Å². The van der Waals surface area contributed by atoms with E-state index in [0.29, 0.717) is 32.4 Å². The molecular weight excluding hydrogens is 546 g/mol. The summed E-state index contributed by atoms with van der Waals surface area (Å²) in [5, 5.41) is 16.2. The van der Waals surface area contributed by atoms with Crippen LogP contribution in [-0.2, 0) is 32.0 Å². The highest BCUT2D eigenvalue weighted by Crippen LogP contribution is 2.47. The zero-order valence-corrected chi connectivity index (χ0v) is 24.5. The Balaban J connectivity index is 1.08. The molecule has 10 nitrogen and oxygen atoms in total. The number of nitrogens with zero attached hydrogens (tertiary/aromatic N) is 3. The third-order valence-corrected chi connectivity index (χ3v) is 10.6. The number of hydrogen-bond donors (Lipinski definition) is 3. The minimum absolute atomic E-state index is 0.171. The van der Waals surface area contributed by atoms with Crippen LogP contribution in [0.3, 0.4) is 0 Å². The van der Waals surface area contributed by atoms with Crippen LogP contribution in [0.5, 0.6) is 0 Å². The molecule has 1 aliphatic carbocycles. The summed E-state index contributed by atoms with van der Waals surface area (Å²) >= 11 is 0. The second kappa shape index (κ2) is 9.38. The molecule has 8 rings (SSSR count). The summed E-state index contributed by atoms with van der Waals surface area (Å²) in [6.07, 6.45) is 5.13. The van der Waals surface area contributed by atoms with Gasteiger partial charge in [0.2, 0.25) is 17.5 Å². The Morgan fingerprint density at radius 2 is 1.98 bits per heavy atom. The van der Waals surface area contributed by atoms with E-state index >= 15 is 0 Å². The van der Waals surface area contributed by atoms with Crippen LogP contribution in [0.4, 0.5) is 0 Å². The second-order valence-electron chi connectivity index (χ2n) is 13.2. The zero-order chi connectivity index (χ0) is 29.7. The van der Waals surface area contributed by atoms with Crippen LogP contribution in [0.2, 0.25) is 0 Å². The number of fused-ring (bicyclic) bond motifs is 5. The van der Waals surface area contributed by atoms with Gasteiger partial charge in [-0.05, 0) is 62.4 Å². The molecule has 43 heavy (non-hydrogen) atoms. The molecule has 0 unspecified atom stereocenters. The molecule has 7 atom stereocenters. The monoisotopic (exact) mass is 583 g/mol. The van der Waals surface area contributed by atoms with Gasteiger partial charge in [-0.25, -0.2) is 0 Å². The number of likely N-dealkylation sites (tertiary alicyclic amines) is 1. The van der Waals surface area contributed by atoms with E-state index in [4.69, 9.17) is 4.74 Å². The number of H-pyrrole nitrogens is 1. The van der Waals surface area contributed by atoms with E-state index in [9.17, 15) is 19.5 Å². The summed E-state index contributed by atoms with van der Waals surface area (Å²) in [6.45, 7) is 2.56. The maximum absolute atomic E-state index is 14.2. The molecule has 4 fully saturated rings. The predicted octanol–water partition coefficient (Wildman–Crippen LogP) is 2.08. The highest BCUT2D eigenvalue weighted by Gasteiger charge is 2.70. The summed E-state index contributed by atoms with van der Waals surface area (Å²) in [5.41, 5.74) is 2.74. The summed E-state index contributed by atoms with van der Waals surface area (Å²) < 4.78 is 6.25. The van der Waals surface area contributed by atoms with Gasteiger partial charge in [-0.1, -0.05) is 42.5 Å². The molecule has 1 aromatic heterocycles. The van der Waals surface area contributed by atoms with Crippen LogP contribution in [0.1, 0.15) is 48.8 Å². The number of nitrogens with one attached hydrogen (secondary N) is 2. The average molecular weight is 584 g/mol. The maximum atomic E-state index is 14.2. The van der Waals surface area contributed by atoms with Gasteiger partial charge < -0.3 is 25.2 Å². The predicted molar refractivity (Wildman–Crippen MR) is 157 cm³/mol. The molecule has 0 bridgehead atoms. The Hall–Kier alpha value is -3.73. The van der Waals surface area contributed by atoms with Crippen molar-refractivity contribution in [3.05, 3.63) is 71.4 Å².